The molecule has 0 radical (unpaired) electrons. The van der Waals surface area contributed by atoms with Crippen molar-refractivity contribution in [2.24, 2.45) is 17.6 Å². The molecule has 1 aromatic carbocycles. The highest BCUT2D eigenvalue weighted by Crippen LogP contribution is 2.49. The van der Waals surface area contributed by atoms with Gasteiger partial charge in [-0.3, -0.25) is 4.79 Å². The van der Waals surface area contributed by atoms with E-state index in [1.165, 1.54) is 6.07 Å². The SMILES string of the molecule is C[C@H](N)[C@@H]1CCCN(C(=O)[C@H]2C[C@@H]2c2cc(F)ccc2F)C1. The van der Waals surface area contributed by atoms with Crippen LogP contribution in [0.4, 0.5) is 8.78 Å². The predicted octanol–water partition coefficient (Wildman–Crippen LogP) is 2.65. The number of carbonyl (C=O) groups excluding carboxylic acids is 1. The highest BCUT2D eigenvalue weighted by Gasteiger charge is 2.47. The molecule has 4 atom stereocenters. The van der Waals surface area contributed by atoms with E-state index in [1.54, 1.807) is 0 Å². The molecule has 1 amide bonds. The number of hydrogen-bond donors (Lipinski definition) is 1. The molecule has 2 aliphatic rings. The zero-order valence-corrected chi connectivity index (χ0v) is 12.8. The van der Waals surface area contributed by atoms with Gasteiger partial charge in [0.15, 0.2) is 0 Å². The second kappa shape index (κ2) is 5.95. The molecule has 3 rings (SSSR count). The van der Waals surface area contributed by atoms with Crippen molar-refractivity contribution in [1.29, 1.82) is 0 Å². The van der Waals surface area contributed by atoms with E-state index in [2.05, 4.69) is 0 Å². The Balaban J connectivity index is 1.66. The summed E-state index contributed by atoms with van der Waals surface area (Å²) in [5.41, 5.74) is 6.28. The van der Waals surface area contributed by atoms with Crippen LogP contribution in [0.5, 0.6) is 0 Å². The van der Waals surface area contributed by atoms with Crippen LogP contribution >= 0.6 is 0 Å². The Morgan fingerprint density at radius 3 is 2.91 bits per heavy atom. The van der Waals surface area contributed by atoms with Gasteiger partial charge in [-0.2, -0.15) is 0 Å². The zero-order chi connectivity index (χ0) is 15.9. The fourth-order valence-corrected chi connectivity index (χ4v) is 3.48. The second-order valence-corrected chi connectivity index (χ2v) is 6.66. The Morgan fingerprint density at radius 1 is 1.41 bits per heavy atom. The van der Waals surface area contributed by atoms with E-state index in [-0.39, 0.29) is 23.8 Å². The van der Waals surface area contributed by atoms with Crippen molar-refractivity contribution >= 4 is 5.91 Å². The summed E-state index contributed by atoms with van der Waals surface area (Å²) in [6.45, 7) is 3.41. The Labute approximate surface area is 129 Å². The third kappa shape index (κ3) is 3.00. The number of carbonyl (C=O) groups is 1. The van der Waals surface area contributed by atoms with E-state index in [4.69, 9.17) is 5.73 Å². The van der Waals surface area contributed by atoms with Crippen LogP contribution < -0.4 is 5.73 Å². The smallest absolute Gasteiger partial charge is 0.226 e. The molecule has 0 unspecified atom stereocenters. The van der Waals surface area contributed by atoms with Crippen molar-refractivity contribution in [3.05, 3.63) is 35.4 Å². The quantitative estimate of drug-likeness (QED) is 0.933. The Hall–Kier alpha value is -1.49. The lowest BCUT2D eigenvalue weighted by Crippen LogP contribution is -2.45. The standard InChI is InChI=1S/C17H22F2N2O/c1-10(20)11-3-2-6-21(9-11)17(22)15-8-13(15)14-7-12(18)4-5-16(14)19/h4-5,7,10-11,13,15H,2-3,6,8-9,20H2,1H3/t10-,11+,13+,15-/m0/s1. The first-order chi connectivity index (χ1) is 10.5. The van der Waals surface area contributed by atoms with Crippen LogP contribution in [0.1, 0.15) is 37.7 Å². The molecule has 120 valence electrons. The maximum absolute atomic E-state index is 13.8. The van der Waals surface area contributed by atoms with Crippen LogP contribution in [0.3, 0.4) is 0 Å². The normalized spacial score (nSPS) is 29.3. The summed E-state index contributed by atoms with van der Waals surface area (Å²) in [5.74, 6) is -0.861. The van der Waals surface area contributed by atoms with Crippen molar-refractivity contribution < 1.29 is 13.6 Å². The van der Waals surface area contributed by atoms with Gasteiger partial charge in [0.05, 0.1) is 0 Å². The van der Waals surface area contributed by atoms with Crippen LogP contribution in [0.25, 0.3) is 0 Å². The highest BCUT2D eigenvalue weighted by molar-refractivity contribution is 5.83. The van der Waals surface area contributed by atoms with Crippen LogP contribution in [0, 0.1) is 23.5 Å². The van der Waals surface area contributed by atoms with Gasteiger partial charge in [-0.15, -0.1) is 0 Å². The lowest BCUT2D eigenvalue weighted by Gasteiger charge is -2.34. The molecular formula is C17H22F2N2O. The fraction of sp³-hybridized carbons (Fsp3) is 0.588. The molecular weight excluding hydrogens is 286 g/mol. The molecule has 2 fully saturated rings. The maximum Gasteiger partial charge on any atom is 0.226 e. The summed E-state index contributed by atoms with van der Waals surface area (Å²) < 4.78 is 27.1. The summed E-state index contributed by atoms with van der Waals surface area (Å²) in [6.07, 6.45) is 2.62. The lowest BCUT2D eigenvalue weighted by atomic mass is 9.92. The first-order valence-corrected chi connectivity index (χ1v) is 7.96. The second-order valence-electron chi connectivity index (χ2n) is 6.66. The van der Waals surface area contributed by atoms with Crippen LogP contribution in [-0.2, 0) is 4.79 Å². The van der Waals surface area contributed by atoms with E-state index in [0.717, 1.165) is 31.5 Å². The van der Waals surface area contributed by atoms with Gasteiger partial charge < -0.3 is 10.6 Å². The van der Waals surface area contributed by atoms with Gasteiger partial charge in [0.1, 0.15) is 11.6 Å². The molecule has 1 aliphatic carbocycles. The number of nitrogens with two attached hydrogens (primary N) is 1. The van der Waals surface area contributed by atoms with Gasteiger partial charge in [-0.25, -0.2) is 8.78 Å². The first kappa shape index (κ1) is 15.4. The number of rotatable bonds is 3. The molecule has 0 spiro atoms. The Kier molecular flexibility index (Phi) is 4.17. The molecule has 1 heterocycles. The van der Waals surface area contributed by atoms with Gasteiger partial charge in [0.25, 0.3) is 0 Å². The molecule has 22 heavy (non-hydrogen) atoms. The fourth-order valence-electron chi connectivity index (χ4n) is 3.48. The molecule has 0 aromatic heterocycles. The number of amides is 1. The molecule has 1 aromatic rings. The highest BCUT2D eigenvalue weighted by atomic mass is 19.1. The maximum atomic E-state index is 13.8. The van der Waals surface area contributed by atoms with Gasteiger partial charge in [-0.05, 0) is 61.8 Å². The zero-order valence-electron chi connectivity index (χ0n) is 12.8. The Bertz CT molecular complexity index is 576. The monoisotopic (exact) mass is 308 g/mol. The van der Waals surface area contributed by atoms with Crippen molar-refractivity contribution in [2.75, 3.05) is 13.1 Å². The minimum atomic E-state index is -0.454. The molecule has 5 heteroatoms. The van der Waals surface area contributed by atoms with Crippen molar-refractivity contribution in [1.82, 2.24) is 4.90 Å². The Morgan fingerprint density at radius 2 is 2.18 bits per heavy atom. The number of likely N-dealkylation sites (tertiary alicyclic amines) is 1. The number of hydrogen-bond acceptors (Lipinski definition) is 2. The lowest BCUT2D eigenvalue weighted by molar-refractivity contribution is -0.134. The van der Waals surface area contributed by atoms with Gasteiger partial charge in [0, 0.05) is 25.0 Å². The topological polar surface area (TPSA) is 46.3 Å². The molecule has 1 saturated heterocycles. The third-order valence-electron chi connectivity index (χ3n) is 4.98. The van der Waals surface area contributed by atoms with Gasteiger partial charge in [-0.1, -0.05) is 0 Å². The molecule has 3 nitrogen and oxygen atoms in total. The third-order valence-corrected chi connectivity index (χ3v) is 4.98. The average molecular weight is 308 g/mol. The first-order valence-electron chi connectivity index (χ1n) is 7.96. The van der Waals surface area contributed by atoms with Crippen molar-refractivity contribution in [3.63, 3.8) is 0 Å². The number of halogens is 2. The van der Waals surface area contributed by atoms with E-state index in [0.29, 0.717) is 24.4 Å². The van der Waals surface area contributed by atoms with E-state index in [1.807, 2.05) is 11.8 Å². The van der Waals surface area contributed by atoms with Crippen LogP contribution in [0.15, 0.2) is 18.2 Å². The molecule has 0 bridgehead atoms. The summed E-state index contributed by atoms with van der Waals surface area (Å²) >= 11 is 0. The van der Waals surface area contributed by atoms with Crippen LogP contribution in [-0.4, -0.2) is 29.9 Å². The van der Waals surface area contributed by atoms with Gasteiger partial charge >= 0.3 is 0 Å². The summed E-state index contributed by atoms with van der Waals surface area (Å²) in [7, 11) is 0. The summed E-state index contributed by atoms with van der Waals surface area (Å²) in [6, 6.07) is 3.54. The molecule has 1 saturated carbocycles. The summed E-state index contributed by atoms with van der Waals surface area (Å²) in [5, 5.41) is 0. The van der Waals surface area contributed by atoms with Crippen LogP contribution in [0.2, 0.25) is 0 Å². The number of benzene rings is 1. The van der Waals surface area contributed by atoms with E-state index in [9.17, 15) is 13.6 Å². The average Bonchev–Trinajstić information content (AvgIpc) is 3.29. The summed E-state index contributed by atoms with van der Waals surface area (Å²) in [4.78, 5) is 14.4. The van der Waals surface area contributed by atoms with Crippen molar-refractivity contribution in [3.8, 4) is 0 Å². The van der Waals surface area contributed by atoms with E-state index < -0.39 is 11.6 Å². The largest absolute Gasteiger partial charge is 0.342 e. The molecule has 1 aliphatic heterocycles. The minimum absolute atomic E-state index is 0.0685. The number of piperidine rings is 1. The van der Waals surface area contributed by atoms with E-state index >= 15 is 0 Å². The van der Waals surface area contributed by atoms with Crippen molar-refractivity contribution in [2.45, 2.75) is 38.1 Å². The molecule has 2 N–H and O–H groups in total. The van der Waals surface area contributed by atoms with Gasteiger partial charge in [0.2, 0.25) is 5.91 Å². The number of nitrogens with zero attached hydrogens (tertiary/aromatic N) is 1. The predicted molar refractivity (Wildman–Crippen MR) is 80.2 cm³/mol. The minimum Gasteiger partial charge on any atom is -0.342 e.